The smallest absolute Gasteiger partial charge is 0.208 e. The zero-order chi connectivity index (χ0) is 19.1. The number of benzene rings is 2. The Morgan fingerprint density at radius 3 is 2.37 bits per heavy atom. The molecular weight excluding hydrogens is 352 g/mol. The number of phenols is 1. The van der Waals surface area contributed by atoms with Crippen molar-refractivity contribution in [3.8, 4) is 28.7 Å². The van der Waals surface area contributed by atoms with Crippen molar-refractivity contribution < 1.29 is 33.6 Å². The number of fused-ring (bicyclic) bond motifs is 3. The topological polar surface area (TPSA) is 83.5 Å². The summed E-state index contributed by atoms with van der Waals surface area (Å²) in [5, 5.41) is 11.0. The maximum atomic E-state index is 13.4. The van der Waals surface area contributed by atoms with Crippen molar-refractivity contribution in [3.05, 3.63) is 41.0 Å². The number of hydrogen-bond acceptors (Lipinski definition) is 7. The second-order valence-corrected chi connectivity index (χ2v) is 6.33. The quantitative estimate of drug-likeness (QED) is 0.808. The normalized spacial score (nSPS) is 19.8. The summed E-state index contributed by atoms with van der Waals surface area (Å²) in [7, 11) is 4.38. The number of phenolic OH excluding ortho intramolecular Hbond substituents is 1. The van der Waals surface area contributed by atoms with Crippen LogP contribution in [0.2, 0.25) is 0 Å². The lowest BCUT2D eigenvalue weighted by molar-refractivity contribution is -0.0338. The molecule has 2 heterocycles. The first-order valence-electron chi connectivity index (χ1n) is 8.58. The summed E-state index contributed by atoms with van der Waals surface area (Å²) in [5.74, 6) is 0.659. The lowest BCUT2D eigenvalue weighted by atomic mass is 9.91. The number of ketones is 1. The zero-order valence-electron chi connectivity index (χ0n) is 15.3. The molecular formula is C20H20O7. The van der Waals surface area contributed by atoms with E-state index in [4.69, 9.17) is 23.7 Å². The number of hydrogen-bond donors (Lipinski definition) is 1. The first-order valence-corrected chi connectivity index (χ1v) is 8.58. The van der Waals surface area contributed by atoms with E-state index in [9.17, 15) is 9.90 Å². The molecule has 1 fully saturated rings. The Hall–Kier alpha value is -2.93. The van der Waals surface area contributed by atoms with Gasteiger partial charge in [0.05, 0.1) is 33.9 Å². The highest BCUT2D eigenvalue weighted by Crippen LogP contribution is 2.52. The Morgan fingerprint density at radius 1 is 1.07 bits per heavy atom. The number of aromatic hydroxyl groups is 1. The van der Waals surface area contributed by atoms with Gasteiger partial charge < -0.3 is 28.8 Å². The van der Waals surface area contributed by atoms with E-state index in [0.717, 1.165) is 0 Å². The average Bonchev–Trinajstić information content (AvgIpc) is 3.27. The minimum atomic E-state index is -0.455. The molecule has 0 radical (unpaired) electrons. The Balaban J connectivity index is 1.90. The van der Waals surface area contributed by atoms with Gasteiger partial charge in [0.2, 0.25) is 12.1 Å². The van der Waals surface area contributed by atoms with E-state index < -0.39 is 12.1 Å². The van der Waals surface area contributed by atoms with Gasteiger partial charge in [0.1, 0.15) is 39.9 Å². The monoisotopic (exact) mass is 372 g/mol. The van der Waals surface area contributed by atoms with Crippen LogP contribution in [0.5, 0.6) is 28.7 Å². The molecule has 0 bridgehead atoms. The summed E-state index contributed by atoms with van der Waals surface area (Å²) < 4.78 is 27.4. The van der Waals surface area contributed by atoms with Gasteiger partial charge in [-0.2, -0.15) is 0 Å². The second-order valence-electron chi connectivity index (χ2n) is 6.33. The molecule has 0 aliphatic carbocycles. The largest absolute Gasteiger partial charge is 0.507 e. The second kappa shape index (κ2) is 6.66. The molecule has 2 aliphatic rings. The van der Waals surface area contributed by atoms with Crippen LogP contribution < -0.4 is 18.9 Å². The van der Waals surface area contributed by atoms with Crippen molar-refractivity contribution in [1.82, 2.24) is 0 Å². The third kappa shape index (κ3) is 2.57. The number of ether oxygens (including phenoxy) is 5. The maximum Gasteiger partial charge on any atom is 0.208 e. The van der Waals surface area contributed by atoms with E-state index in [1.54, 1.807) is 24.3 Å². The molecule has 0 unspecified atom stereocenters. The molecule has 2 aromatic carbocycles. The van der Waals surface area contributed by atoms with Crippen LogP contribution in [0.1, 0.15) is 33.8 Å². The standard InChI is InChI=1S/C20H20O7/c1-23-11-5-4-6-12(24-2)16(11)19(22)17-13(25-3)9-14-15(18(17)21)10-7-8-26-20(10)27-14/h4-6,9-10,20-21H,7-8H2,1-3H3/t10-,20+/m0/s1. The molecule has 0 spiro atoms. The van der Waals surface area contributed by atoms with Crippen LogP contribution in [0, 0.1) is 0 Å². The van der Waals surface area contributed by atoms with Crippen LogP contribution in [-0.4, -0.2) is 45.1 Å². The van der Waals surface area contributed by atoms with Crippen LogP contribution in [0.3, 0.4) is 0 Å². The van der Waals surface area contributed by atoms with Crippen LogP contribution in [0.15, 0.2) is 24.3 Å². The molecule has 4 rings (SSSR count). The highest BCUT2D eigenvalue weighted by Gasteiger charge is 2.43. The number of carbonyl (C=O) groups excluding carboxylic acids is 1. The van der Waals surface area contributed by atoms with Crippen molar-refractivity contribution in [1.29, 1.82) is 0 Å². The summed E-state index contributed by atoms with van der Waals surface area (Å²) in [4.78, 5) is 13.4. The molecule has 1 saturated heterocycles. The summed E-state index contributed by atoms with van der Waals surface area (Å²) >= 11 is 0. The van der Waals surface area contributed by atoms with Crippen molar-refractivity contribution in [2.24, 2.45) is 0 Å². The van der Waals surface area contributed by atoms with Gasteiger partial charge in [0.15, 0.2) is 0 Å². The third-order valence-corrected chi connectivity index (χ3v) is 5.02. The van der Waals surface area contributed by atoms with E-state index in [0.29, 0.717) is 35.8 Å². The van der Waals surface area contributed by atoms with Gasteiger partial charge in [0, 0.05) is 11.6 Å². The summed E-state index contributed by atoms with van der Waals surface area (Å²) in [6, 6.07) is 6.67. The number of methoxy groups -OCH3 is 3. The van der Waals surface area contributed by atoms with E-state index >= 15 is 0 Å². The molecule has 2 atom stereocenters. The molecule has 1 N–H and O–H groups in total. The highest BCUT2D eigenvalue weighted by atomic mass is 16.7. The van der Waals surface area contributed by atoms with Crippen molar-refractivity contribution in [2.45, 2.75) is 18.6 Å². The lowest BCUT2D eigenvalue weighted by Gasteiger charge is -2.17. The van der Waals surface area contributed by atoms with E-state index in [1.807, 2.05) is 0 Å². The van der Waals surface area contributed by atoms with E-state index in [2.05, 4.69) is 0 Å². The number of carbonyl (C=O) groups is 1. The molecule has 2 aliphatic heterocycles. The van der Waals surface area contributed by atoms with Gasteiger partial charge in [-0.25, -0.2) is 0 Å². The van der Waals surface area contributed by atoms with Gasteiger partial charge in [-0.15, -0.1) is 0 Å². The Morgan fingerprint density at radius 2 is 1.74 bits per heavy atom. The maximum absolute atomic E-state index is 13.4. The van der Waals surface area contributed by atoms with Crippen molar-refractivity contribution >= 4 is 5.78 Å². The molecule has 7 nitrogen and oxygen atoms in total. The summed E-state index contributed by atoms with van der Waals surface area (Å²) in [5.41, 5.74) is 0.847. The third-order valence-electron chi connectivity index (χ3n) is 5.02. The van der Waals surface area contributed by atoms with Gasteiger partial charge in [-0.3, -0.25) is 4.79 Å². The predicted molar refractivity (Wildman–Crippen MR) is 95.4 cm³/mol. The zero-order valence-corrected chi connectivity index (χ0v) is 15.3. The van der Waals surface area contributed by atoms with Gasteiger partial charge in [-0.05, 0) is 18.6 Å². The fourth-order valence-electron chi connectivity index (χ4n) is 3.76. The molecule has 142 valence electrons. The molecule has 7 heteroatoms. The Labute approximate surface area is 156 Å². The fraction of sp³-hybridized carbons (Fsp3) is 0.350. The van der Waals surface area contributed by atoms with Crippen molar-refractivity contribution in [3.63, 3.8) is 0 Å². The first kappa shape index (κ1) is 17.5. The molecule has 0 amide bonds. The van der Waals surface area contributed by atoms with Crippen LogP contribution in [0.4, 0.5) is 0 Å². The molecule has 27 heavy (non-hydrogen) atoms. The fourth-order valence-corrected chi connectivity index (χ4v) is 3.76. The molecule has 2 aromatic rings. The van der Waals surface area contributed by atoms with Crippen LogP contribution in [0.25, 0.3) is 0 Å². The number of rotatable bonds is 5. The molecule has 0 aromatic heterocycles. The van der Waals surface area contributed by atoms with Gasteiger partial charge in [0.25, 0.3) is 0 Å². The Bertz CT molecular complexity index is 883. The minimum Gasteiger partial charge on any atom is -0.507 e. The highest BCUT2D eigenvalue weighted by molar-refractivity contribution is 6.16. The van der Waals surface area contributed by atoms with Gasteiger partial charge in [-0.1, -0.05) is 6.07 Å². The van der Waals surface area contributed by atoms with E-state index in [1.165, 1.54) is 21.3 Å². The summed E-state index contributed by atoms with van der Waals surface area (Å²) in [6.45, 7) is 0.545. The Kier molecular flexibility index (Phi) is 4.31. The van der Waals surface area contributed by atoms with E-state index in [-0.39, 0.29) is 28.5 Å². The van der Waals surface area contributed by atoms with Crippen molar-refractivity contribution in [2.75, 3.05) is 27.9 Å². The minimum absolute atomic E-state index is 0.0511. The lowest BCUT2D eigenvalue weighted by Crippen LogP contribution is -2.13. The van der Waals surface area contributed by atoms with Gasteiger partial charge >= 0.3 is 0 Å². The SMILES string of the molecule is COc1cccc(OC)c1C(=O)c1c(OC)cc2c(c1O)[C@@H]1CCO[C@@H]1O2. The molecule has 0 saturated carbocycles. The van der Waals surface area contributed by atoms with Crippen LogP contribution >= 0.6 is 0 Å². The first-order chi connectivity index (χ1) is 13.1. The predicted octanol–water partition coefficient (Wildman–Crippen LogP) is 2.87. The summed E-state index contributed by atoms with van der Waals surface area (Å²) in [6.07, 6.45) is 0.269. The van der Waals surface area contributed by atoms with Crippen LogP contribution in [-0.2, 0) is 4.74 Å². The average molecular weight is 372 g/mol.